The van der Waals surface area contributed by atoms with Crippen LogP contribution in [0.5, 0.6) is 0 Å². The van der Waals surface area contributed by atoms with Crippen molar-refractivity contribution in [1.29, 1.82) is 0 Å². The van der Waals surface area contributed by atoms with Crippen molar-refractivity contribution >= 4 is 44.6 Å². The molecule has 3 atom stereocenters. The number of nitrogens with one attached hydrogen (secondary N) is 1. The van der Waals surface area contributed by atoms with Gasteiger partial charge in [-0.15, -0.1) is 11.3 Å². The van der Waals surface area contributed by atoms with E-state index in [-0.39, 0.29) is 23.9 Å². The standard InChI is InChI=1S/C24H24N6O2S2/c1-12-4-3-5-14(8-12)20-18(28-23(25)34-20)22(32)30-16(9-15-10-17(15)30)11-26-21(31)19-13(2)27-24-29(19)6-7-33-24/h3-8,15-17H,9-11H2,1-2H3,(H2,25,28)(H,26,31)/t15-,16+,17+/m1/s1. The fourth-order valence-electron chi connectivity index (χ4n) is 5.11. The highest BCUT2D eigenvalue weighted by molar-refractivity contribution is 7.19. The molecule has 0 spiro atoms. The number of hydrogen-bond acceptors (Lipinski definition) is 7. The quantitative estimate of drug-likeness (QED) is 0.441. The van der Waals surface area contributed by atoms with Gasteiger partial charge in [0, 0.05) is 24.2 Å². The van der Waals surface area contributed by atoms with Crippen molar-refractivity contribution < 1.29 is 9.59 Å². The molecular weight excluding hydrogens is 468 g/mol. The summed E-state index contributed by atoms with van der Waals surface area (Å²) in [5, 5.41) is 5.35. The zero-order valence-corrected chi connectivity index (χ0v) is 20.4. The highest BCUT2D eigenvalue weighted by atomic mass is 32.1. The predicted octanol–water partition coefficient (Wildman–Crippen LogP) is 3.75. The summed E-state index contributed by atoms with van der Waals surface area (Å²) < 4.78 is 1.82. The van der Waals surface area contributed by atoms with Crippen LogP contribution in [0, 0.1) is 19.8 Å². The summed E-state index contributed by atoms with van der Waals surface area (Å²) >= 11 is 2.84. The van der Waals surface area contributed by atoms with Gasteiger partial charge in [0.2, 0.25) is 0 Å². The van der Waals surface area contributed by atoms with Crippen molar-refractivity contribution in [3.63, 3.8) is 0 Å². The van der Waals surface area contributed by atoms with Gasteiger partial charge >= 0.3 is 0 Å². The molecule has 2 aliphatic rings. The van der Waals surface area contributed by atoms with Gasteiger partial charge in [0.1, 0.15) is 11.4 Å². The van der Waals surface area contributed by atoms with Gasteiger partial charge in [0.05, 0.1) is 16.6 Å². The number of hydrogen-bond donors (Lipinski definition) is 2. The molecule has 10 heteroatoms. The van der Waals surface area contributed by atoms with E-state index in [9.17, 15) is 9.59 Å². The maximum absolute atomic E-state index is 13.7. The Kier molecular flexibility index (Phi) is 4.96. The van der Waals surface area contributed by atoms with Crippen LogP contribution in [0.1, 0.15) is 45.1 Å². The molecule has 1 saturated heterocycles. The largest absolute Gasteiger partial charge is 0.375 e. The Morgan fingerprint density at radius 3 is 2.91 bits per heavy atom. The SMILES string of the molecule is Cc1cccc(-c2sc(N)nc2C(=O)N2[C@H](CNC(=O)c3c(C)nc4sccn34)C[C@@H]3C[C@@H]32)c1. The van der Waals surface area contributed by atoms with Crippen LogP contribution in [0.3, 0.4) is 0 Å². The first-order valence-corrected chi connectivity index (χ1v) is 13.0. The molecule has 6 rings (SSSR count). The van der Waals surface area contributed by atoms with Crippen LogP contribution in [0.4, 0.5) is 5.13 Å². The zero-order chi connectivity index (χ0) is 23.6. The molecule has 1 aliphatic heterocycles. The first kappa shape index (κ1) is 21.3. The van der Waals surface area contributed by atoms with Gasteiger partial charge in [-0.25, -0.2) is 9.97 Å². The van der Waals surface area contributed by atoms with Gasteiger partial charge < -0.3 is 16.0 Å². The summed E-state index contributed by atoms with van der Waals surface area (Å²) in [4.78, 5) is 39.2. The number of aryl methyl sites for hydroxylation is 2. The lowest BCUT2D eigenvalue weighted by atomic mass is 10.1. The lowest BCUT2D eigenvalue weighted by molar-refractivity contribution is 0.0684. The van der Waals surface area contributed by atoms with Crippen molar-refractivity contribution in [1.82, 2.24) is 24.6 Å². The molecule has 174 valence electrons. The molecule has 2 amide bonds. The molecule has 34 heavy (non-hydrogen) atoms. The maximum Gasteiger partial charge on any atom is 0.274 e. The first-order chi connectivity index (χ1) is 16.4. The molecule has 1 saturated carbocycles. The van der Waals surface area contributed by atoms with E-state index in [1.54, 1.807) is 0 Å². The van der Waals surface area contributed by atoms with Gasteiger partial charge in [0.15, 0.2) is 10.1 Å². The van der Waals surface area contributed by atoms with E-state index >= 15 is 0 Å². The minimum Gasteiger partial charge on any atom is -0.375 e. The number of aromatic nitrogens is 3. The Morgan fingerprint density at radius 1 is 1.24 bits per heavy atom. The Bertz CT molecular complexity index is 1440. The van der Waals surface area contributed by atoms with E-state index in [1.165, 1.54) is 22.7 Å². The van der Waals surface area contributed by atoms with Gasteiger partial charge in [-0.2, -0.15) is 0 Å². The van der Waals surface area contributed by atoms with Crippen LogP contribution in [0.15, 0.2) is 35.8 Å². The summed E-state index contributed by atoms with van der Waals surface area (Å²) in [6, 6.07) is 8.17. The Balaban J connectivity index is 1.24. The Labute approximate surface area is 204 Å². The summed E-state index contributed by atoms with van der Waals surface area (Å²) in [5.74, 6) is 0.216. The molecule has 4 aromatic rings. The number of amides is 2. The molecule has 3 N–H and O–H groups in total. The van der Waals surface area contributed by atoms with Crippen molar-refractivity contribution in [3.05, 3.63) is 58.5 Å². The molecule has 0 radical (unpaired) electrons. The van der Waals surface area contributed by atoms with E-state index in [2.05, 4.69) is 15.3 Å². The van der Waals surface area contributed by atoms with Crippen LogP contribution in [0.2, 0.25) is 0 Å². The van der Waals surface area contributed by atoms with Gasteiger partial charge in [-0.05, 0) is 38.2 Å². The summed E-state index contributed by atoms with van der Waals surface area (Å²) in [7, 11) is 0. The topological polar surface area (TPSA) is 106 Å². The van der Waals surface area contributed by atoms with E-state index in [4.69, 9.17) is 5.73 Å². The Hall–Kier alpha value is -3.24. The lowest BCUT2D eigenvalue weighted by Crippen LogP contribution is -2.45. The minimum absolute atomic E-state index is 0.0697. The van der Waals surface area contributed by atoms with Crippen molar-refractivity contribution in [2.24, 2.45) is 5.92 Å². The number of rotatable bonds is 5. The van der Waals surface area contributed by atoms with Crippen molar-refractivity contribution in [2.75, 3.05) is 12.3 Å². The van der Waals surface area contributed by atoms with Crippen LogP contribution >= 0.6 is 22.7 Å². The third-order valence-electron chi connectivity index (χ3n) is 6.72. The third-order valence-corrected chi connectivity index (χ3v) is 8.41. The number of thiazole rings is 2. The maximum atomic E-state index is 13.7. The van der Waals surface area contributed by atoms with Crippen molar-refractivity contribution in [2.45, 2.75) is 38.8 Å². The lowest BCUT2D eigenvalue weighted by Gasteiger charge is -2.27. The number of benzene rings is 1. The summed E-state index contributed by atoms with van der Waals surface area (Å²) in [5.41, 5.74) is 9.76. The number of piperidine rings is 1. The normalized spacial score (nSPS) is 21.1. The highest BCUT2D eigenvalue weighted by Gasteiger charge is 2.54. The van der Waals surface area contributed by atoms with E-state index in [1.807, 2.05) is 59.0 Å². The second-order valence-corrected chi connectivity index (χ2v) is 11.0. The zero-order valence-electron chi connectivity index (χ0n) is 18.8. The van der Waals surface area contributed by atoms with Gasteiger partial charge in [0.25, 0.3) is 11.8 Å². The first-order valence-electron chi connectivity index (χ1n) is 11.3. The van der Waals surface area contributed by atoms with Crippen molar-refractivity contribution in [3.8, 4) is 10.4 Å². The molecule has 8 nitrogen and oxygen atoms in total. The molecule has 2 fully saturated rings. The number of likely N-dealkylation sites (tertiary alicyclic amines) is 1. The van der Waals surface area contributed by atoms with E-state index < -0.39 is 0 Å². The average Bonchev–Trinajstić information content (AvgIpc) is 3.16. The Morgan fingerprint density at radius 2 is 2.09 bits per heavy atom. The van der Waals surface area contributed by atoms with Crippen LogP contribution < -0.4 is 11.1 Å². The van der Waals surface area contributed by atoms with Crippen LogP contribution in [0.25, 0.3) is 15.4 Å². The number of carbonyl (C=O) groups is 2. The predicted molar refractivity (Wildman–Crippen MR) is 133 cm³/mol. The van der Waals surface area contributed by atoms with Gasteiger partial charge in [-0.1, -0.05) is 41.2 Å². The number of anilines is 1. The number of nitrogens with zero attached hydrogens (tertiary/aromatic N) is 4. The van der Waals surface area contributed by atoms with Gasteiger partial charge in [-0.3, -0.25) is 14.0 Å². The average molecular weight is 493 g/mol. The summed E-state index contributed by atoms with van der Waals surface area (Å²) in [6.45, 7) is 4.26. The molecular formula is C24H24N6O2S2. The molecule has 0 bridgehead atoms. The number of carbonyl (C=O) groups excluding carboxylic acids is 2. The van der Waals surface area contributed by atoms with E-state index in [0.717, 1.165) is 33.8 Å². The fourth-order valence-corrected chi connectivity index (χ4v) is 6.69. The number of imidazole rings is 1. The smallest absolute Gasteiger partial charge is 0.274 e. The third kappa shape index (κ3) is 3.48. The number of nitrogen functional groups attached to an aromatic ring is 1. The highest BCUT2D eigenvalue weighted by Crippen LogP contribution is 2.49. The second-order valence-electron chi connectivity index (χ2n) is 9.08. The molecule has 3 aromatic heterocycles. The minimum atomic E-state index is -0.172. The fraction of sp³-hybridized carbons (Fsp3) is 0.333. The van der Waals surface area contributed by atoms with E-state index in [0.29, 0.717) is 34.7 Å². The molecule has 4 heterocycles. The number of fused-ring (bicyclic) bond motifs is 2. The monoisotopic (exact) mass is 492 g/mol. The molecule has 1 aromatic carbocycles. The summed E-state index contributed by atoms with van der Waals surface area (Å²) in [6.07, 6.45) is 3.75. The molecule has 1 aliphatic carbocycles. The van der Waals surface area contributed by atoms with Crippen LogP contribution in [-0.2, 0) is 0 Å². The van der Waals surface area contributed by atoms with Crippen LogP contribution in [-0.4, -0.2) is 49.7 Å². The second kappa shape index (κ2) is 7.92. The number of nitrogens with two attached hydrogens (primary N) is 1. The molecule has 0 unspecified atom stereocenters.